The molecule has 0 amide bonds. The Hall–Kier alpha value is -1.67. The summed E-state index contributed by atoms with van der Waals surface area (Å²) in [6.07, 6.45) is -0.116. The third kappa shape index (κ3) is 3.45. The zero-order valence-electron chi connectivity index (χ0n) is 11.5. The third-order valence-corrected chi connectivity index (χ3v) is 4.65. The minimum absolute atomic E-state index is 0.109. The molecule has 0 bridgehead atoms. The summed E-state index contributed by atoms with van der Waals surface area (Å²) in [4.78, 5) is 10.5. The van der Waals surface area contributed by atoms with Gasteiger partial charge in [0.15, 0.2) is 0 Å². The monoisotopic (exact) mass is 304 g/mol. The van der Waals surface area contributed by atoms with E-state index in [9.17, 15) is 17.6 Å². The first-order valence-electron chi connectivity index (χ1n) is 5.79. The SMILES string of the molecule is COC(=O)CCN(C)S(=O)(=O)c1cc(N)cc(C)c1F. The molecule has 0 atom stereocenters. The maximum Gasteiger partial charge on any atom is 0.306 e. The number of aryl methyl sites for hydroxylation is 1. The summed E-state index contributed by atoms with van der Waals surface area (Å²) >= 11 is 0. The second kappa shape index (κ2) is 6.19. The molecule has 0 aliphatic heterocycles. The zero-order chi connectivity index (χ0) is 15.5. The molecule has 1 aromatic rings. The highest BCUT2D eigenvalue weighted by Gasteiger charge is 2.26. The fourth-order valence-corrected chi connectivity index (χ4v) is 2.93. The van der Waals surface area contributed by atoms with E-state index in [1.165, 1.54) is 27.1 Å². The Kier molecular flexibility index (Phi) is 5.07. The largest absolute Gasteiger partial charge is 0.469 e. The number of methoxy groups -OCH3 is 1. The van der Waals surface area contributed by atoms with Crippen molar-refractivity contribution < 1.29 is 22.3 Å². The number of hydrogen-bond donors (Lipinski definition) is 1. The van der Waals surface area contributed by atoms with Gasteiger partial charge < -0.3 is 10.5 Å². The lowest BCUT2D eigenvalue weighted by atomic mass is 10.2. The van der Waals surface area contributed by atoms with Gasteiger partial charge in [0, 0.05) is 19.3 Å². The van der Waals surface area contributed by atoms with Crippen LogP contribution in [0.15, 0.2) is 17.0 Å². The van der Waals surface area contributed by atoms with Crippen LogP contribution in [0.2, 0.25) is 0 Å². The quantitative estimate of drug-likeness (QED) is 0.645. The topological polar surface area (TPSA) is 89.7 Å². The molecule has 1 rings (SSSR count). The van der Waals surface area contributed by atoms with Crippen LogP contribution in [-0.2, 0) is 19.6 Å². The highest BCUT2D eigenvalue weighted by atomic mass is 32.2. The maximum absolute atomic E-state index is 13.9. The van der Waals surface area contributed by atoms with Crippen LogP contribution in [0.4, 0.5) is 10.1 Å². The van der Waals surface area contributed by atoms with Crippen LogP contribution in [-0.4, -0.2) is 39.4 Å². The highest BCUT2D eigenvalue weighted by Crippen LogP contribution is 2.24. The van der Waals surface area contributed by atoms with Crippen molar-refractivity contribution in [1.29, 1.82) is 0 Å². The molecule has 0 spiro atoms. The summed E-state index contributed by atoms with van der Waals surface area (Å²) < 4.78 is 43.7. The van der Waals surface area contributed by atoms with Gasteiger partial charge in [0.25, 0.3) is 0 Å². The van der Waals surface area contributed by atoms with Crippen LogP contribution >= 0.6 is 0 Å². The smallest absolute Gasteiger partial charge is 0.306 e. The Morgan fingerprint density at radius 2 is 2.05 bits per heavy atom. The van der Waals surface area contributed by atoms with Gasteiger partial charge in [-0.15, -0.1) is 0 Å². The van der Waals surface area contributed by atoms with Crippen LogP contribution in [0.1, 0.15) is 12.0 Å². The number of sulfonamides is 1. The minimum atomic E-state index is -4.05. The summed E-state index contributed by atoms with van der Waals surface area (Å²) in [5.41, 5.74) is 5.84. The molecule has 1 aromatic carbocycles. The van der Waals surface area contributed by atoms with Crippen LogP contribution in [0.5, 0.6) is 0 Å². The van der Waals surface area contributed by atoms with E-state index >= 15 is 0 Å². The van der Waals surface area contributed by atoms with Gasteiger partial charge in [-0.25, -0.2) is 17.1 Å². The van der Waals surface area contributed by atoms with Crippen molar-refractivity contribution in [3.05, 3.63) is 23.5 Å². The predicted octanol–water partition coefficient (Wildman–Crippen LogP) is 0.900. The lowest BCUT2D eigenvalue weighted by Crippen LogP contribution is -2.30. The fraction of sp³-hybridized carbons (Fsp3) is 0.417. The van der Waals surface area contributed by atoms with Crippen LogP contribution in [0.25, 0.3) is 0 Å². The highest BCUT2D eigenvalue weighted by molar-refractivity contribution is 7.89. The van der Waals surface area contributed by atoms with E-state index in [-0.39, 0.29) is 24.2 Å². The number of anilines is 1. The summed E-state index contributed by atoms with van der Waals surface area (Å²) in [6.45, 7) is 1.32. The first kappa shape index (κ1) is 16.4. The Bertz CT molecular complexity index is 616. The summed E-state index contributed by atoms with van der Waals surface area (Å²) in [6, 6.07) is 2.41. The molecular weight excluding hydrogens is 287 g/mol. The number of esters is 1. The van der Waals surface area contributed by atoms with Crippen molar-refractivity contribution in [3.8, 4) is 0 Å². The summed E-state index contributed by atoms with van der Waals surface area (Å²) in [5.74, 6) is -1.39. The lowest BCUT2D eigenvalue weighted by Gasteiger charge is -2.18. The normalized spacial score (nSPS) is 11.7. The van der Waals surface area contributed by atoms with Crippen LogP contribution in [0, 0.1) is 12.7 Å². The molecule has 0 radical (unpaired) electrons. The van der Waals surface area contributed by atoms with E-state index in [0.717, 1.165) is 10.4 Å². The van der Waals surface area contributed by atoms with Crippen molar-refractivity contribution >= 4 is 21.7 Å². The molecule has 0 aliphatic carbocycles. The van der Waals surface area contributed by atoms with Gasteiger partial charge in [0.2, 0.25) is 10.0 Å². The van der Waals surface area contributed by atoms with Gasteiger partial charge in [0.1, 0.15) is 10.7 Å². The third-order valence-electron chi connectivity index (χ3n) is 2.79. The second-order valence-electron chi connectivity index (χ2n) is 4.30. The van der Waals surface area contributed by atoms with Crippen molar-refractivity contribution in [2.75, 3.05) is 26.4 Å². The first-order valence-corrected chi connectivity index (χ1v) is 7.23. The summed E-state index contributed by atoms with van der Waals surface area (Å²) in [5, 5.41) is 0. The van der Waals surface area contributed by atoms with E-state index in [2.05, 4.69) is 4.74 Å². The first-order chi connectivity index (χ1) is 9.20. The number of hydrogen-bond acceptors (Lipinski definition) is 5. The van der Waals surface area contributed by atoms with Gasteiger partial charge in [0.05, 0.1) is 13.5 Å². The number of halogens is 1. The molecular formula is C12H17FN2O4S. The van der Waals surface area contributed by atoms with Crippen LogP contribution < -0.4 is 5.73 Å². The Balaban J connectivity index is 3.08. The molecule has 0 aliphatic rings. The maximum atomic E-state index is 13.9. The number of carbonyl (C=O) groups is 1. The number of nitrogens with zero attached hydrogens (tertiary/aromatic N) is 1. The number of rotatable bonds is 5. The molecule has 20 heavy (non-hydrogen) atoms. The molecule has 0 saturated heterocycles. The summed E-state index contributed by atoms with van der Waals surface area (Å²) in [7, 11) is -1.58. The van der Waals surface area contributed by atoms with Crippen molar-refractivity contribution in [2.45, 2.75) is 18.2 Å². The van der Waals surface area contributed by atoms with Crippen molar-refractivity contribution in [3.63, 3.8) is 0 Å². The molecule has 0 aromatic heterocycles. The second-order valence-corrected chi connectivity index (χ2v) is 6.32. The molecule has 0 unspecified atom stereocenters. The average Bonchev–Trinajstić information content (AvgIpc) is 2.39. The average molecular weight is 304 g/mol. The molecule has 112 valence electrons. The number of carbonyl (C=O) groups excluding carboxylic acids is 1. The van der Waals surface area contributed by atoms with E-state index in [1.807, 2.05) is 0 Å². The van der Waals surface area contributed by atoms with E-state index in [1.54, 1.807) is 0 Å². The molecule has 0 saturated carbocycles. The van der Waals surface area contributed by atoms with Crippen LogP contribution in [0.3, 0.4) is 0 Å². The Morgan fingerprint density at radius 3 is 2.60 bits per heavy atom. The van der Waals surface area contributed by atoms with Gasteiger partial charge in [-0.05, 0) is 24.6 Å². The molecule has 8 heteroatoms. The lowest BCUT2D eigenvalue weighted by molar-refractivity contribution is -0.140. The number of nitrogens with two attached hydrogens (primary N) is 1. The molecule has 2 N–H and O–H groups in total. The number of ether oxygens (including phenoxy) is 1. The van der Waals surface area contributed by atoms with Crippen molar-refractivity contribution in [2.24, 2.45) is 0 Å². The Labute approximate surface area is 117 Å². The fourth-order valence-electron chi connectivity index (χ4n) is 1.59. The molecule has 0 fully saturated rings. The standard InChI is InChI=1S/C12H17FN2O4S/c1-8-6-9(14)7-10(12(8)13)20(17,18)15(2)5-4-11(16)19-3/h6-7H,4-5,14H2,1-3H3. The number of nitrogen functional groups attached to an aromatic ring is 1. The van der Waals surface area contributed by atoms with Gasteiger partial charge in [-0.3, -0.25) is 4.79 Å². The van der Waals surface area contributed by atoms with Gasteiger partial charge >= 0.3 is 5.97 Å². The van der Waals surface area contributed by atoms with E-state index in [4.69, 9.17) is 5.73 Å². The number of benzene rings is 1. The van der Waals surface area contributed by atoms with E-state index in [0.29, 0.717) is 0 Å². The Morgan fingerprint density at radius 1 is 1.45 bits per heavy atom. The minimum Gasteiger partial charge on any atom is -0.469 e. The van der Waals surface area contributed by atoms with Gasteiger partial charge in [-0.2, -0.15) is 0 Å². The molecule has 6 nitrogen and oxygen atoms in total. The zero-order valence-corrected chi connectivity index (χ0v) is 12.3. The van der Waals surface area contributed by atoms with E-state index < -0.39 is 26.7 Å². The van der Waals surface area contributed by atoms with Gasteiger partial charge in [-0.1, -0.05) is 0 Å². The predicted molar refractivity (Wildman–Crippen MR) is 72.0 cm³/mol. The molecule has 0 heterocycles. The van der Waals surface area contributed by atoms with Crippen molar-refractivity contribution in [1.82, 2.24) is 4.31 Å².